The molecular weight excluding hydrogens is 338 g/mol. The van der Waals surface area contributed by atoms with Crippen LogP contribution in [0.1, 0.15) is 5.56 Å². The van der Waals surface area contributed by atoms with E-state index in [0.29, 0.717) is 16.5 Å². The molecule has 2 aromatic heterocycles. The van der Waals surface area contributed by atoms with Gasteiger partial charge in [-0.3, -0.25) is 10.3 Å². The van der Waals surface area contributed by atoms with Gasteiger partial charge >= 0.3 is 6.03 Å². The number of urea groups is 1. The molecule has 1 aromatic carbocycles. The topological polar surface area (TPSA) is 90.7 Å². The first-order valence-electron chi connectivity index (χ1n) is 7.31. The summed E-state index contributed by atoms with van der Waals surface area (Å²) in [5, 5.41) is 14.6. The lowest BCUT2D eigenvalue weighted by molar-refractivity contribution is 0.262. The molecule has 2 amide bonds. The lowest BCUT2D eigenvalue weighted by atomic mass is 10.2. The van der Waals surface area contributed by atoms with Crippen molar-refractivity contribution in [2.75, 3.05) is 10.6 Å². The normalized spacial score (nSPS) is 9.92. The average Bonchev–Trinajstić information content (AvgIpc) is 2.64. The smallest absolute Gasteiger partial charge is 0.308 e. The van der Waals surface area contributed by atoms with Crippen LogP contribution in [0.15, 0.2) is 60.9 Å². The summed E-state index contributed by atoms with van der Waals surface area (Å²) in [5.41, 5.74) is 2.37. The van der Waals surface area contributed by atoms with Crippen LogP contribution in [0.3, 0.4) is 0 Å². The summed E-state index contributed by atoms with van der Waals surface area (Å²) in [6, 6.07) is 15.2. The van der Waals surface area contributed by atoms with Crippen molar-refractivity contribution in [2.24, 2.45) is 0 Å². The number of anilines is 2. The van der Waals surface area contributed by atoms with Gasteiger partial charge in [0.1, 0.15) is 11.9 Å². The van der Waals surface area contributed by atoms with Crippen LogP contribution in [-0.4, -0.2) is 16.0 Å². The van der Waals surface area contributed by atoms with Gasteiger partial charge in [-0.25, -0.2) is 9.78 Å². The summed E-state index contributed by atoms with van der Waals surface area (Å²) < 4.78 is 0. The van der Waals surface area contributed by atoms with E-state index in [4.69, 9.17) is 16.9 Å². The zero-order chi connectivity index (χ0) is 17.6. The Kier molecular flexibility index (Phi) is 4.88. The zero-order valence-electron chi connectivity index (χ0n) is 12.9. The van der Waals surface area contributed by atoms with Crippen molar-refractivity contribution in [1.82, 2.24) is 9.97 Å². The number of pyridine rings is 2. The SMILES string of the molecule is N#Cc1cc(NC(=O)Nc2cccc(-c3ccncc3)n2)ccc1Cl. The van der Waals surface area contributed by atoms with Gasteiger partial charge in [0.15, 0.2) is 0 Å². The van der Waals surface area contributed by atoms with E-state index in [1.807, 2.05) is 24.3 Å². The summed E-state index contributed by atoms with van der Waals surface area (Å²) in [6.45, 7) is 0. The summed E-state index contributed by atoms with van der Waals surface area (Å²) in [7, 11) is 0. The molecule has 0 aliphatic carbocycles. The van der Waals surface area contributed by atoms with Crippen molar-refractivity contribution in [1.29, 1.82) is 5.26 Å². The largest absolute Gasteiger partial charge is 0.324 e. The third-order valence-electron chi connectivity index (χ3n) is 3.31. The number of carbonyl (C=O) groups excluding carboxylic acids is 1. The van der Waals surface area contributed by atoms with E-state index < -0.39 is 6.03 Å². The predicted molar refractivity (Wildman–Crippen MR) is 96.3 cm³/mol. The minimum atomic E-state index is -0.467. The highest BCUT2D eigenvalue weighted by atomic mass is 35.5. The van der Waals surface area contributed by atoms with Crippen molar-refractivity contribution < 1.29 is 4.79 Å². The van der Waals surface area contributed by atoms with Crippen LogP contribution >= 0.6 is 11.6 Å². The second-order valence-corrected chi connectivity index (χ2v) is 5.44. The fourth-order valence-electron chi connectivity index (χ4n) is 2.16. The van der Waals surface area contributed by atoms with E-state index in [1.54, 1.807) is 36.7 Å². The maximum atomic E-state index is 12.1. The first kappa shape index (κ1) is 16.4. The molecule has 2 N–H and O–H groups in total. The molecule has 2 heterocycles. The van der Waals surface area contributed by atoms with E-state index >= 15 is 0 Å². The molecule has 6 nitrogen and oxygen atoms in total. The van der Waals surface area contributed by atoms with Crippen LogP contribution in [0.25, 0.3) is 11.3 Å². The number of benzene rings is 1. The zero-order valence-corrected chi connectivity index (χ0v) is 13.7. The predicted octanol–water partition coefficient (Wildman–Crippen LogP) is 4.31. The Balaban J connectivity index is 1.72. The number of rotatable bonds is 3. The van der Waals surface area contributed by atoms with Crippen molar-refractivity contribution in [2.45, 2.75) is 0 Å². The number of nitriles is 1. The monoisotopic (exact) mass is 349 g/mol. The molecule has 0 saturated heterocycles. The number of amides is 2. The van der Waals surface area contributed by atoms with E-state index in [1.165, 1.54) is 6.07 Å². The molecule has 122 valence electrons. The molecule has 7 heteroatoms. The van der Waals surface area contributed by atoms with Crippen LogP contribution < -0.4 is 10.6 Å². The number of halogens is 1. The summed E-state index contributed by atoms with van der Waals surface area (Å²) in [6.07, 6.45) is 3.36. The third kappa shape index (κ3) is 4.10. The van der Waals surface area contributed by atoms with Gasteiger partial charge < -0.3 is 5.32 Å². The van der Waals surface area contributed by atoms with Crippen LogP contribution in [-0.2, 0) is 0 Å². The van der Waals surface area contributed by atoms with E-state index in [2.05, 4.69) is 20.6 Å². The van der Waals surface area contributed by atoms with Gasteiger partial charge in [-0.05, 0) is 42.5 Å². The highest BCUT2D eigenvalue weighted by Crippen LogP contribution is 2.20. The van der Waals surface area contributed by atoms with Crippen molar-refractivity contribution in [3.05, 3.63) is 71.5 Å². The minimum absolute atomic E-state index is 0.289. The molecule has 0 radical (unpaired) electrons. The fourth-order valence-corrected chi connectivity index (χ4v) is 2.31. The summed E-state index contributed by atoms with van der Waals surface area (Å²) in [4.78, 5) is 20.5. The highest BCUT2D eigenvalue weighted by Gasteiger charge is 2.07. The Hall–Kier alpha value is -3.43. The maximum Gasteiger partial charge on any atom is 0.324 e. The Morgan fingerprint density at radius 3 is 2.64 bits per heavy atom. The molecule has 0 aliphatic rings. The Bertz CT molecular complexity index is 953. The van der Waals surface area contributed by atoms with Crippen LogP contribution in [0.2, 0.25) is 5.02 Å². The van der Waals surface area contributed by atoms with Gasteiger partial charge in [-0.2, -0.15) is 5.26 Å². The van der Waals surface area contributed by atoms with Crippen molar-refractivity contribution >= 4 is 29.1 Å². The molecule has 0 fully saturated rings. The van der Waals surface area contributed by atoms with Gasteiger partial charge in [-0.15, -0.1) is 0 Å². The van der Waals surface area contributed by atoms with E-state index in [0.717, 1.165) is 11.3 Å². The van der Waals surface area contributed by atoms with Gasteiger partial charge in [0.25, 0.3) is 0 Å². The highest BCUT2D eigenvalue weighted by molar-refractivity contribution is 6.31. The lowest BCUT2D eigenvalue weighted by Crippen LogP contribution is -2.20. The molecule has 3 aromatic rings. The number of hydrogen-bond acceptors (Lipinski definition) is 4. The average molecular weight is 350 g/mol. The second-order valence-electron chi connectivity index (χ2n) is 5.03. The summed E-state index contributed by atoms with van der Waals surface area (Å²) in [5.74, 6) is 0.404. The molecule has 0 spiro atoms. The first-order chi connectivity index (χ1) is 12.2. The van der Waals surface area contributed by atoms with Crippen LogP contribution in [0, 0.1) is 11.3 Å². The Morgan fingerprint density at radius 2 is 1.88 bits per heavy atom. The number of hydrogen-bond donors (Lipinski definition) is 2. The quantitative estimate of drug-likeness (QED) is 0.737. The van der Waals surface area contributed by atoms with Gasteiger partial charge in [0, 0.05) is 23.6 Å². The second kappa shape index (κ2) is 7.43. The van der Waals surface area contributed by atoms with Gasteiger partial charge in [-0.1, -0.05) is 17.7 Å². The maximum absolute atomic E-state index is 12.1. The number of aromatic nitrogens is 2. The van der Waals surface area contributed by atoms with E-state index in [-0.39, 0.29) is 5.56 Å². The molecule has 0 saturated carbocycles. The van der Waals surface area contributed by atoms with Gasteiger partial charge in [0.2, 0.25) is 0 Å². The minimum Gasteiger partial charge on any atom is -0.308 e. The standard InChI is InChI=1S/C18H12ClN5O/c19-15-5-4-14(10-13(15)11-20)22-18(25)24-17-3-1-2-16(23-17)12-6-8-21-9-7-12/h1-10H,(H2,22,23,24,25). The molecule has 25 heavy (non-hydrogen) atoms. The molecule has 0 atom stereocenters. The number of nitrogens with one attached hydrogen (secondary N) is 2. The third-order valence-corrected chi connectivity index (χ3v) is 3.64. The lowest BCUT2D eigenvalue weighted by Gasteiger charge is -2.09. The fraction of sp³-hybridized carbons (Fsp3) is 0. The Morgan fingerprint density at radius 1 is 1.08 bits per heavy atom. The van der Waals surface area contributed by atoms with Gasteiger partial charge in [0.05, 0.1) is 16.3 Å². The number of nitrogens with zero attached hydrogens (tertiary/aromatic N) is 3. The van der Waals surface area contributed by atoms with Crippen LogP contribution in [0.5, 0.6) is 0 Å². The summed E-state index contributed by atoms with van der Waals surface area (Å²) >= 11 is 5.87. The number of carbonyl (C=O) groups is 1. The van der Waals surface area contributed by atoms with Crippen LogP contribution in [0.4, 0.5) is 16.3 Å². The molecular formula is C18H12ClN5O. The van der Waals surface area contributed by atoms with Crippen molar-refractivity contribution in [3.63, 3.8) is 0 Å². The molecule has 3 rings (SSSR count). The Labute approximate surface area is 149 Å². The molecule has 0 aliphatic heterocycles. The molecule has 0 bridgehead atoms. The van der Waals surface area contributed by atoms with E-state index in [9.17, 15) is 4.79 Å². The van der Waals surface area contributed by atoms with Crippen molar-refractivity contribution in [3.8, 4) is 17.3 Å². The molecule has 0 unspecified atom stereocenters. The first-order valence-corrected chi connectivity index (χ1v) is 7.68.